The van der Waals surface area contributed by atoms with Crippen molar-refractivity contribution < 1.29 is 14.3 Å². The maximum absolute atomic E-state index is 12.0. The van der Waals surface area contributed by atoms with E-state index in [0.29, 0.717) is 17.1 Å². The lowest BCUT2D eigenvalue weighted by atomic mass is 10.1. The maximum Gasteiger partial charge on any atom is 0.271 e. The second kappa shape index (κ2) is 6.19. The first kappa shape index (κ1) is 14.6. The number of nitrogens with one attached hydrogen (secondary N) is 1. The molecule has 112 valence electrons. The molecule has 22 heavy (non-hydrogen) atoms. The number of hydrogen-bond acceptors (Lipinski definition) is 4. The van der Waals surface area contributed by atoms with Crippen molar-refractivity contribution in [2.75, 3.05) is 6.79 Å². The number of ether oxygens (including phenoxy) is 2. The molecule has 1 amide bonds. The lowest BCUT2D eigenvalue weighted by molar-refractivity contribution is 0.0954. The molecule has 0 saturated carbocycles. The molecule has 0 atom stereocenters. The Balaban J connectivity index is 1.73. The molecule has 0 radical (unpaired) electrons. The van der Waals surface area contributed by atoms with E-state index in [1.807, 2.05) is 31.2 Å². The average molecular weight is 361 g/mol. The predicted molar refractivity (Wildman–Crippen MR) is 86.5 cm³/mol. The number of carbonyl (C=O) groups excluding carboxylic acids is 1. The van der Waals surface area contributed by atoms with E-state index >= 15 is 0 Å². The Hall–Kier alpha value is -2.34. The van der Waals surface area contributed by atoms with Crippen LogP contribution in [0.25, 0.3) is 0 Å². The fourth-order valence-corrected chi connectivity index (χ4v) is 2.50. The summed E-state index contributed by atoms with van der Waals surface area (Å²) in [5.41, 5.74) is 4.81. The van der Waals surface area contributed by atoms with Crippen LogP contribution in [0.3, 0.4) is 0 Å². The molecule has 2 aromatic carbocycles. The number of nitrogens with zero attached hydrogens (tertiary/aromatic N) is 1. The normalized spacial score (nSPS) is 12.6. The zero-order valence-corrected chi connectivity index (χ0v) is 13.4. The van der Waals surface area contributed by atoms with Gasteiger partial charge in [0.2, 0.25) is 6.79 Å². The molecule has 1 aliphatic rings. The summed E-state index contributed by atoms with van der Waals surface area (Å²) >= 11 is 3.43. The van der Waals surface area contributed by atoms with Gasteiger partial charge >= 0.3 is 0 Å². The van der Waals surface area contributed by atoms with E-state index in [9.17, 15) is 4.79 Å². The Morgan fingerprint density at radius 1 is 1.27 bits per heavy atom. The highest BCUT2D eigenvalue weighted by molar-refractivity contribution is 9.10. The number of halogens is 1. The lowest BCUT2D eigenvalue weighted by Crippen LogP contribution is -2.18. The van der Waals surface area contributed by atoms with Gasteiger partial charge in [-0.3, -0.25) is 4.79 Å². The van der Waals surface area contributed by atoms with Gasteiger partial charge in [0.05, 0.1) is 6.21 Å². The summed E-state index contributed by atoms with van der Waals surface area (Å²) in [7, 11) is 0. The Labute approximate surface area is 136 Å². The predicted octanol–water partition coefficient (Wildman–Crippen LogP) is 3.25. The molecule has 3 rings (SSSR count). The van der Waals surface area contributed by atoms with Crippen LogP contribution in [0.5, 0.6) is 11.5 Å². The van der Waals surface area contributed by atoms with Crippen molar-refractivity contribution >= 4 is 28.1 Å². The van der Waals surface area contributed by atoms with Crippen LogP contribution in [0.4, 0.5) is 0 Å². The number of amides is 1. The van der Waals surface area contributed by atoms with Crippen molar-refractivity contribution in [1.29, 1.82) is 0 Å². The number of hydrazone groups is 1. The first-order chi connectivity index (χ1) is 10.6. The minimum Gasteiger partial charge on any atom is -0.454 e. The topological polar surface area (TPSA) is 59.9 Å². The average Bonchev–Trinajstić information content (AvgIpc) is 2.94. The number of rotatable bonds is 3. The Morgan fingerprint density at radius 2 is 2.00 bits per heavy atom. The molecule has 5 nitrogen and oxygen atoms in total. The molecule has 0 aromatic heterocycles. The van der Waals surface area contributed by atoms with Crippen LogP contribution in [0, 0.1) is 6.92 Å². The van der Waals surface area contributed by atoms with Crippen LogP contribution in [-0.4, -0.2) is 18.9 Å². The zero-order chi connectivity index (χ0) is 15.5. The summed E-state index contributed by atoms with van der Waals surface area (Å²) in [6.45, 7) is 2.10. The third-order valence-corrected chi connectivity index (χ3v) is 3.94. The van der Waals surface area contributed by atoms with Crippen LogP contribution >= 0.6 is 15.9 Å². The quantitative estimate of drug-likeness (QED) is 0.675. The third-order valence-electron chi connectivity index (χ3n) is 3.25. The Morgan fingerprint density at radius 3 is 2.77 bits per heavy atom. The van der Waals surface area contributed by atoms with Gasteiger partial charge in [-0.2, -0.15) is 5.10 Å². The number of carbonyl (C=O) groups is 1. The number of aryl methyl sites for hydroxylation is 1. The zero-order valence-electron chi connectivity index (χ0n) is 11.8. The first-order valence-electron chi connectivity index (χ1n) is 6.63. The summed E-state index contributed by atoms with van der Waals surface area (Å²) in [6, 6.07) is 11.0. The van der Waals surface area contributed by atoms with E-state index in [0.717, 1.165) is 15.6 Å². The van der Waals surface area contributed by atoms with Gasteiger partial charge in [-0.05, 0) is 46.6 Å². The molecule has 2 aromatic rings. The standard InChI is InChI=1S/C16H13BrN2O3/c1-10-4-2-3-5-12(10)16(20)19-18-8-11-6-14-15(7-13(11)17)22-9-21-14/h2-8H,9H2,1H3,(H,19,20). The second-order valence-corrected chi connectivity index (χ2v) is 5.60. The molecule has 0 saturated heterocycles. The molecule has 1 aliphatic heterocycles. The Kier molecular flexibility index (Phi) is 4.11. The van der Waals surface area contributed by atoms with Gasteiger partial charge in [-0.15, -0.1) is 0 Å². The summed E-state index contributed by atoms with van der Waals surface area (Å²) in [6.07, 6.45) is 1.56. The van der Waals surface area contributed by atoms with Crippen LogP contribution in [0.2, 0.25) is 0 Å². The van der Waals surface area contributed by atoms with E-state index < -0.39 is 0 Å². The van der Waals surface area contributed by atoms with E-state index in [1.54, 1.807) is 18.3 Å². The van der Waals surface area contributed by atoms with E-state index in [2.05, 4.69) is 26.5 Å². The number of fused-ring (bicyclic) bond motifs is 1. The molecule has 6 heteroatoms. The highest BCUT2D eigenvalue weighted by atomic mass is 79.9. The SMILES string of the molecule is Cc1ccccc1C(=O)NN=Cc1cc2c(cc1Br)OCO2. The summed E-state index contributed by atoms with van der Waals surface area (Å²) in [5.74, 6) is 1.11. The van der Waals surface area contributed by atoms with Crippen molar-refractivity contribution in [2.45, 2.75) is 6.92 Å². The van der Waals surface area contributed by atoms with Gasteiger partial charge in [0.25, 0.3) is 5.91 Å². The highest BCUT2D eigenvalue weighted by Gasteiger charge is 2.15. The van der Waals surface area contributed by atoms with Crippen LogP contribution in [0.15, 0.2) is 46.0 Å². The minimum atomic E-state index is -0.244. The highest BCUT2D eigenvalue weighted by Crippen LogP contribution is 2.36. The first-order valence-corrected chi connectivity index (χ1v) is 7.42. The van der Waals surface area contributed by atoms with Crippen molar-refractivity contribution in [2.24, 2.45) is 5.10 Å². The molecular weight excluding hydrogens is 348 g/mol. The molecule has 1 heterocycles. The Bertz CT molecular complexity index is 759. The summed E-state index contributed by atoms with van der Waals surface area (Å²) < 4.78 is 11.4. The van der Waals surface area contributed by atoms with Crippen molar-refractivity contribution in [3.63, 3.8) is 0 Å². The molecule has 0 bridgehead atoms. The van der Waals surface area contributed by atoms with Gasteiger partial charge in [0.15, 0.2) is 11.5 Å². The maximum atomic E-state index is 12.0. The fourth-order valence-electron chi connectivity index (χ4n) is 2.08. The lowest BCUT2D eigenvalue weighted by Gasteiger charge is -2.04. The van der Waals surface area contributed by atoms with E-state index in [1.165, 1.54) is 0 Å². The molecular formula is C16H13BrN2O3. The molecule has 0 unspecified atom stereocenters. The van der Waals surface area contributed by atoms with Crippen LogP contribution < -0.4 is 14.9 Å². The monoisotopic (exact) mass is 360 g/mol. The van der Waals surface area contributed by atoms with Crippen molar-refractivity contribution in [1.82, 2.24) is 5.43 Å². The van der Waals surface area contributed by atoms with Gasteiger partial charge < -0.3 is 9.47 Å². The van der Waals surface area contributed by atoms with E-state index in [-0.39, 0.29) is 12.7 Å². The largest absolute Gasteiger partial charge is 0.454 e. The van der Waals surface area contributed by atoms with Gasteiger partial charge in [-0.25, -0.2) is 5.43 Å². The number of benzene rings is 2. The molecule has 0 fully saturated rings. The van der Waals surface area contributed by atoms with Gasteiger partial charge in [-0.1, -0.05) is 18.2 Å². The van der Waals surface area contributed by atoms with Crippen molar-refractivity contribution in [3.05, 3.63) is 57.6 Å². The fraction of sp³-hybridized carbons (Fsp3) is 0.125. The molecule has 0 spiro atoms. The van der Waals surface area contributed by atoms with Gasteiger partial charge in [0, 0.05) is 15.6 Å². The van der Waals surface area contributed by atoms with Crippen molar-refractivity contribution in [3.8, 4) is 11.5 Å². The summed E-state index contributed by atoms with van der Waals surface area (Å²) in [5, 5.41) is 3.99. The molecule has 0 aliphatic carbocycles. The minimum absolute atomic E-state index is 0.215. The van der Waals surface area contributed by atoms with E-state index in [4.69, 9.17) is 9.47 Å². The number of hydrogen-bond donors (Lipinski definition) is 1. The van der Waals surface area contributed by atoms with Crippen LogP contribution in [0.1, 0.15) is 21.5 Å². The van der Waals surface area contributed by atoms with Gasteiger partial charge in [0.1, 0.15) is 0 Å². The summed E-state index contributed by atoms with van der Waals surface area (Å²) in [4.78, 5) is 12.0. The third kappa shape index (κ3) is 2.96. The second-order valence-electron chi connectivity index (χ2n) is 4.74. The molecule has 1 N–H and O–H groups in total. The smallest absolute Gasteiger partial charge is 0.271 e. The van der Waals surface area contributed by atoms with Crippen LogP contribution in [-0.2, 0) is 0 Å².